The smallest absolute Gasteiger partial charge is 0.224 e. The zero-order valence-electron chi connectivity index (χ0n) is 9.21. The van der Waals surface area contributed by atoms with Gasteiger partial charge in [-0.3, -0.25) is 4.79 Å². The summed E-state index contributed by atoms with van der Waals surface area (Å²) in [6.45, 7) is 0. The summed E-state index contributed by atoms with van der Waals surface area (Å²) in [7, 11) is 0. The van der Waals surface area contributed by atoms with Crippen LogP contribution in [-0.4, -0.2) is 5.91 Å². The largest absolute Gasteiger partial charge is 0.326 e. The summed E-state index contributed by atoms with van der Waals surface area (Å²) in [5.41, 5.74) is 2.12. The number of carbonyl (C=O) groups is 1. The Balaban J connectivity index is 1.84. The maximum absolute atomic E-state index is 11.6. The molecule has 1 fully saturated rings. The van der Waals surface area contributed by atoms with Crippen LogP contribution in [0, 0.1) is 5.92 Å². The molecule has 0 aliphatic heterocycles. The third-order valence-corrected chi connectivity index (χ3v) is 3.74. The summed E-state index contributed by atoms with van der Waals surface area (Å²) in [5.74, 6) is 0.776. The van der Waals surface area contributed by atoms with Crippen LogP contribution < -0.4 is 5.32 Å². The highest BCUT2D eigenvalue weighted by Crippen LogP contribution is 2.29. The van der Waals surface area contributed by atoms with Crippen LogP contribution in [0.5, 0.6) is 0 Å². The summed E-state index contributed by atoms with van der Waals surface area (Å²) >= 11 is 3.40. The van der Waals surface area contributed by atoms with Crippen LogP contribution in [0.3, 0.4) is 0 Å². The van der Waals surface area contributed by atoms with Crippen LogP contribution in [0.25, 0.3) is 0 Å². The van der Waals surface area contributed by atoms with Gasteiger partial charge < -0.3 is 5.32 Å². The molecule has 2 rings (SSSR count). The Morgan fingerprint density at radius 1 is 1.31 bits per heavy atom. The fourth-order valence-corrected chi connectivity index (χ4v) is 2.22. The zero-order chi connectivity index (χ0) is 11.4. The van der Waals surface area contributed by atoms with Gasteiger partial charge in [0.2, 0.25) is 5.91 Å². The van der Waals surface area contributed by atoms with Gasteiger partial charge in [-0.15, -0.1) is 0 Å². The first-order chi connectivity index (χ1) is 7.78. The Morgan fingerprint density at radius 2 is 2.00 bits per heavy atom. The van der Waals surface area contributed by atoms with Crippen LogP contribution >= 0.6 is 15.9 Å². The molecule has 0 unspecified atom stereocenters. The van der Waals surface area contributed by atoms with Crippen LogP contribution in [-0.2, 0) is 10.1 Å². The highest BCUT2D eigenvalue weighted by atomic mass is 79.9. The zero-order valence-corrected chi connectivity index (χ0v) is 10.8. The molecule has 2 nitrogen and oxygen atoms in total. The normalized spacial score (nSPS) is 15.6. The van der Waals surface area contributed by atoms with Gasteiger partial charge in [-0.25, -0.2) is 0 Å². The molecule has 1 N–H and O–H groups in total. The lowest BCUT2D eigenvalue weighted by atomic mass is 9.83. The molecule has 1 aromatic rings. The van der Waals surface area contributed by atoms with Crippen molar-refractivity contribution in [1.29, 1.82) is 0 Å². The molecule has 0 aromatic heterocycles. The average molecular weight is 282 g/mol. The van der Waals surface area contributed by atoms with E-state index in [1.54, 1.807) is 0 Å². The Hall–Kier alpha value is -0.830. The standard InChI is InChI=1S/C13H16BrNO/c14-9-11-4-6-12(7-5-11)15-13(16)8-10-2-1-3-10/h4-7,10H,1-3,8-9H2,(H,15,16). The number of hydrogen-bond donors (Lipinski definition) is 1. The number of carbonyl (C=O) groups excluding carboxylic acids is 1. The minimum atomic E-state index is 0.149. The molecule has 0 heterocycles. The van der Waals surface area contributed by atoms with E-state index in [2.05, 4.69) is 21.2 Å². The van der Waals surface area contributed by atoms with Crippen LogP contribution in [0.4, 0.5) is 5.69 Å². The second-order valence-electron chi connectivity index (χ2n) is 4.38. The van der Waals surface area contributed by atoms with Gasteiger partial charge in [0.05, 0.1) is 0 Å². The second kappa shape index (κ2) is 5.48. The molecule has 86 valence electrons. The van der Waals surface area contributed by atoms with E-state index < -0.39 is 0 Å². The van der Waals surface area contributed by atoms with Crippen molar-refractivity contribution in [3.8, 4) is 0 Å². The third kappa shape index (κ3) is 3.08. The Bertz CT molecular complexity index is 357. The Kier molecular flexibility index (Phi) is 3.99. The number of halogens is 1. The number of benzene rings is 1. The molecule has 0 saturated heterocycles. The maximum atomic E-state index is 11.6. The Morgan fingerprint density at radius 3 is 2.50 bits per heavy atom. The minimum Gasteiger partial charge on any atom is -0.326 e. The summed E-state index contributed by atoms with van der Waals surface area (Å²) in [5, 5.41) is 3.79. The lowest BCUT2D eigenvalue weighted by Gasteiger charge is -2.24. The summed E-state index contributed by atoms with van der Waals surface area (Å²) < 4.78 is 0. The highest BCUT2D eigenvalue weighted by Gasteiger charge is 2.20. The van der Waals surface area contributed by atoms with Gasteiger partial charge in [0, 0.05) is 17.4 Å². The molecule has 0 radical (unpaired) electrons. The number of alkyl halides is 1. The van der Waals surface area contributed by atoms with Crippen molar-refractivity contribution in [1.82, 2.24) is 0 Å². The molecule has 1 aliphatic carbocycles. The van der Waals surface area contributed by atoms with Crippen LogP contribution in [0.1, 0.15) is 31.2 Å². The van der Waals surface area contributed by atoms with Crippen molar-refractivity contribution in [3.63, 3.8) is 0 Å². The minimum absolute atomic E-state index is 0.149. The van der Waals surface area contributed by atoms with Gasteiger partial charge in [-0.05, 0) is 36.5 Å². The number of nitrogens with one attached hydrogen (secondary N) is 1. The van der Waals surface area contributed by atoms with Crippen LogP contribution in [0.2, 0.25) is 0 Å². The maximum Gasteiger partial charge on any atom is 0.224 e. The molecule has 1 amide bonds. The average Bonchev–Trinajstić information content (AvgIpc) is 2.25. The fraction of sp³-hybridized carbons (Fsp3) is 0.462. The summed E-state index contributed by atoms with van der Waals surface area (Å²) in [6.07, 6.45) is 4.41. The van der Waals surface area contributed by atoms with E-state index in [1.165, 1.54) is 24.8 Å². The van der Waals surface area contributed by atoms with Crippen molar-refractivity contribution in [2.75, 3.05) is 5.32 Å². The third-order valence-electron chi connectivity index (χ3n) is 3.09. The van der Waals surface area contributed by atoms with Gasteiger partial charge in [0.1, 0.15) is 0 Å². The molecule has 3 heteroatoms. The topological polar surface area (TPSA) is 29.1 Å². The molecule has 0 spiro atoms. The lowest BCUT2D eigenvalue weighted by Crippen LogP contribution is -2.20. The van der Waals surface area contributed by atoms with E-state index in [0.717, 1.165) is 11.0 Å². The number of rotatable bonds is 4. The molecule has 16 heavy (non-hydrogen) atoms. The number of amides is 1. The second-order valence-corrected chi connectivity index (χ2v) is 4.94. The van der Waals surface area contributed by atoms with Crippen molar-refractivity contribution >= 4 is 27.5 Å². The van der Waals surface area contributed by atoms with E-state index in [-0.39, 0.29) is 5.91 Å². The number of hydrogen-bond acceptors (Lipinski definition) is 1. The molecular formula is C13H16BrNO. The Labute approximate surface area is 105 Å². The van der Waals surface area contributed by atoms with Gasteiger partial charge in [0.15, 0.2) is 0 Å². The molecule has 0 atom stereocenters. The predicted molar refractivity (Wildman–Crippen MR) is 69.7 cm³/mol. The van der Waals surface area contributed by atoms with E-state index in [9.17, 15) is 4.79 Å². The van der Waals surface area contributed by atoms with E-state index in [1.807, 2.05) is 24.3 Å². The van der Waals surface area contributed by atoms with Gasteiger partial charge >= 0.3 is 0 Å². The first-order valence-corrected chi connectivity index (χ1v) is 6.85. The fourth-order valence-electron chi connectivity index (χ4n) is 1.85. The van der Waals surface area contributed by atoms with Crippen molar-refractivity contribution < 1.29 is 4.79 Å². The number of anilines is 1. The molecule has 1 saturated carbocycles. The molecular weight excluding hydrogens is 266 g/mol. The first kappa shape index (κ1) is 11.6. The lowest BCUT2D eigenvalue weighted by molar-refractivity contribution is -0.117. The van der Waals surface area contributed by atoms with Crippen molar-refractivity contribution in [2.45, 2.75) is 31.0 Å². The highest BCUT2D eigenvalue weighted by molar-refractivity contribution is 9.08. The van der Waals surface area contributed by atoms with Crippen LogP contribution in [0.15, 0.2) is 24.3 Å². The summed E-state index contributed by atoms with van der Waals surface area (Å²) in [4.78, 5) is 11.6. The quantitative estimate of drug-likeness (QED) is 0.838. The van der Waals surface area contributed by atoms with Gasteiger partial charge in [-0.1, -0.05) is 34.5 Å². The predicted octanol–water partition coefficient (Wildman–Crippen LogP) is 3.71. The van der Waals surface area contributed by atoms with Gasteiger partial charge in [0.25, 0.3) is 0 Å². The molecule has 1 aromatic carbocycles. The molecule has 0 bridgehead atoms. The summed E-state index contributed by atoms with van der Waals surface area (Å²) in [6, 6.07) is 7.95. The van der Waals surface area contributed by atoms with Crippen molar-refractivity contribution in [3.05, 3.63) is 29.8 Å². The van der Waals surface area contributed by atoms with E-state index in [4.69, 9.17) is 0 Å². The first-order valence-electron chi connectivity index (χ1n) is 5.72. The monoisotopic (exact) mass is 281 g/mol. The van der Waals surface area contributed by atoms with E-state index in [0.29, 0.717) is 12.3 Å². The van der Waals surface area contributed by atoms with E-state index >= 15 is 0 Å². The molecule has 1 aliphatic rings. The SMILES string of the molecule is O=C(CC1CCC1)Nc1ccc(CBr)cc1. The van der Waals surface area contributed by atoms with Gasteiger partial charge in [-0.2, -0.15) is 0 Å². The van der Waals surface area contributed by atoms with Crippen molar-refractivity contribution in [2.24, 2.45) is 5.92 Å².